The second-order valence-electron chi connectivity index (χ2n) is 4.34. The molecular formula is C14H17BN2S2. The van der Waals surface area contributed by atoms with Crippen LogP contribution in [0.3, 0.4) is 0 Å². The molecule has 1 aromatic heterocycles. The summed E-state index contributed by atoms with van der Waals surface area (Å²) in [5.41, 5.74) is 5.42. The Morgan fingerprint density at radius 1 is 1.00 bits per heavy atom. The first-order valence-corrected chi connectivity index (χ1v) is 9.03. The molecule has 0 saturated carbocycles. The maximum atomic E-state index is 5.60. The number of nitrogens with zero attached hydrogens (tertiary/aromatic N) is 2. The molecule has 2 nitrogen and oxygen atoms in total. The molecular weight excluding hydrogens is 271 g/mol. The van der Waals surface area contributed by atoms with Crippen molar-refractivity contribution in [2.45, 2.75) is 24.2 Å². The Morgan fingerprint density at radius 3 is 2.21 bits per heavy atom. The van der Waals surface area contributed by atoms with Gasteiger partial charge >= 0.3 is 0 Å². The number of benzene rings is 1. The smallest absolute Gasteiger partial charge is 0.0893 e. The first-order chi connectivity index (χ1) is 9.28. The predicted octanol–water partition coefficient (Wildman–Crippen LogP) is 3.49. The van der Waals surface area contributed by atoms with Crippen LogP contribution in [0.25, 0.3) is 11.0 Å². The lowest BCUT2D eigenvalue weighted by molar-refractivity contribution is 1.06. The van der Waals surface area contributed by atoms with Crippen molar-refractivity contribution in [3.63, 3.8) is 0 Å². The van der Waals surface area contributed by atoms with Gasteiger partial charge in [0.15, 0.2) is 0 Å². The third-order valence-electron chi connectivity index (χ3n) is 2.88. The van der Waals surface area contributed by atoms with E-state index in [0.717, 1.165) is 40.3 Å². The van der Waals surface area contributed by atoms with Gasteiger partial charge in [0.25, 0.3) is 0 Å². The molecule has 1 heterocycles. The van der Waals surface area contributed by atoms with Gasteiger partial charge in [0.1, 0.15) is 0 Å². The quantitative estimate of drug-likeness (QED) is 0.760. The van der Waals surface area contributed by atoms with Crippen LogP contribution in [0.4, 0.5) is 0 Å². The average molecular weight is 288 g/mol. The van der Waals surface area contributed by atoms with Gasteiger partial charge in [0.05, 0.1) is 30.3 Å². The molecule has 0 N–H and O–H groups in total. The number of aryl methyl sites for hydroxylation is 1. The van der Waals surface area contributed by atoms with Crippen molar-refractivity contribution in [1.29, 1.82) is 0 Å². The van der Waals surface area contributed by atoms with Crippen molar-refractivity contribution in [3.05, 3.63) is 35.2 Å². The molecule has 0 spiro atoms. The first kappa shape index (κ1) is 14.7. The minimum Gasteiger partial charge on any atom is -0.248 e. The molecule has 2 aromatic rings. The Balaban J connectivity index is 2.46. The number of rotatable bonds is 6. The fourth-order valence-electron chi connectivity index (χ4n) is 2.00. The minimum atomic E-state index is 0.668. The van der Waals surface area contributed by atoms with Crippen molar-refractivity contribution < 1.29 is 0 Å². The highest BCUT2D eigenvalue weighted by Gasteiger charge is 2.08. The highest BCUT2D eigenvalue weighted by Crippen LogP contribution is 2.21. The molecule has 0 aliphatic carbocycles. The third-order valence-corrected chi connectivity index (χ3v) is 4.00. The molecule has 1 aromatic carbocycles. The molecule has 0 amide bonds. The van der Waals surface area contributed by atoms with Crippen LogP contribution in [0.15, 0.2) is 18.2 Å². The van der Waals surface area contributed by atoms with E-state index in [1.54, 1.807) is 23.5 Å². The lowest BCUT2D eigenvalue weighted by Gasteiger charge is -2.09. The Kier molecular flexibility index (Phi) is 5.58. The molecule has 0 saturated heterocycles. The van der Waals surface area contributed by atoms with Crippen molar-refractivity contribution in [2.75, 3.05) is 12.5 Å². The van der Waals surface area contributed by atoms with E-state index in [2.05, 4.69) is 30.7 Å². The highest BCUT2D eigenvalue weighted by molar-refractivity contribution is 7.98. The zero-order chi connectivity index (χ0) is 13.7. The molecule has 0 fully saturated rings. The van der Waals surface area contributed by atoms with E-state index in [0.29, 0.717) is 6.32 Å². The van der Waals surface area contributed by atoms with Crippen molar-refractivity contribution >= 4 is 42.4 Å². The molecule has 0 unspecified atom stereocenters. The van der Waals surface area contributed by atoms with Crippen molar-refractivity contribution in [3.8, 4) is 0 Å². The molecule has 5 heteroatoms. The van der Waals surface area contributed by atoms with Gasteiger partial charge in [-0.05, 0) is 36.6 Å². The SMILES string of the molecule is [B]CCc1ccc2nc(CSC)c(CSC)nc2c1. The Bertz CT molecular complexity index is 560. The molecule has 2 rings (SSSR count). The van der Waals surface area contributed by atoms with Crippen LogP contribution in [0.2, 0.25) is 6.32 Å². The number of hydrogen-bond acceptors (Lipinski definition) is 4. The first-order valence-electron chi connectivity index (χ1n) is 6.25. The summed E-state index contributed by atoms with van der Waals surface area (Å²) in [6.07, 6.45) is 5.75. The van der Waals surface area contributed by atoms with Crippen LogP contribution in [0.5, 0.6) is 0 Å². The summed E-state index contributed by atoms with van der Waals surface area (Å²) in [6, 6.07) is 6.27. The van der Waals surface area contributed by atoms with Crippen LogP contribution in [-0.4, -0.2) is 30.3 Å². The summed E-state index contributed by atoms with van der Waals surface area (Å²) < 4.78 is 0. The second-order valence-corrected chi connectivity index (χ2v) is 6.08. The predicted molar refractivity (Wildman–Crippen MR) is 88.2 cm³/mol. The normalized spacial score (nSPS) is 11.1. The van der Waals surface area contributed by atoms with Gasteiger partial charge in [-0.3, -0.25) is 0 Å². The standard InChI is InChI=1S/C14H17BN2S2/c1-18-8-13-14(9-19-2)17-12-7-10(5-6-15)3-4-11(12)16-13/h3-4,7H,5-6,8-9H2,1-2H3. The number of hydrogen-bond donors (Lipinski definition) is 0. The molecule has 2 radical (unpaired) electrons. The lowest BCUT2D eigenvalue weighted by atomic mass is 9.97. The fourth-order valence-corrected chi connectivity index (χ4v) is 3.01. The Labute approximate surface area is 124 Å². The van der Waals surface area contributed by atoms with E-state index >= 15 is 0 Å². The zero-order valence-electron chi connectivity index (χ0n) is 11.3. The lowest BCUT2D eigenvalue weighted by Crippen LogP contribution is -2.01. The maximum Gasteiger partial charge on any atom is 0.0893 e. The van der Waals surface area contributed by atoms with Gasteiger partial charge in [-0.25, -0.2) is 9.97 Å². The minimum absolute atomic E-state index is 0.668. The zero-order valence-corrected chi connectivity index (χ0v) is 13.0. The van der Waals surface area contributed by atoms with Gasteiger partial charge < -0.3 is 0 Å². The largest absolute Gasteiger partial charge is 0.248 e. The molecule has 98 valence electrons. The van der Waals surface area contributed by atoms with Gasteiger partial charge in [-0.15, -0.1) is 0 Å². The van der Waals surface area contributed by atoms with Crippen molar-refractivity contribution in [2.24, 2.45) is 0 Å². The number of thioether (sulfide) groups is 2. The average Bonchev–Trinajstić information content (AvgIpc) is 2.40. The summed E-state index contributed by atoms with van der Waals surface area (Å²) >= 11 is 3.57. The summed E-state index contributed by atoms with van der Waals surface area (Å²) in [5.74, 6) is 1.84. The molecule has 0 atom stereocenters. The third kappa shape index (κ3) is 3.66. The molecule has 0 aliphatic heterocycles. The van der Waals surface area contributed by atoms with Crippen LogP contribution >= 0.6 is 23.5 Å². The monoisotopic (exact) mass is 288 g/mol. The Morgan fingerprint density at radius 2 is 1.63 bits per heavy atom. The van der Waals surface area contributed by atoms with Gasteiger partial charge in [0.2, 0.25) is 0 Å². The van der Waals surface area contributed by atoms with Gasteiger partial charge in [-0.1, -0.05) is 12.4 Å². The molecule has 19 heavy (non-hydrogen) atoms. The summed E-state index contributed by atoms with van der Waals surface area (Å²) in [6.45, 7) is 0. The van der Waals surface area contributed by atoms with Crippen LogP contribution in [0.1, 0.15) is 17.0 Å². The summed E-state index contributed by atoms with van der Waals surface area (Å²) in [7, 11) is 5.60. The van der Waals surface area contributed by atoms with Crippen LogP contribution in [-0.2, 0) is 17.9 Å². The van der Waals surface area contributed by atoms with Crippen LogP contribution in [0, 0.1) is 0 Å². The number of fused-ring (bicyclic) bond motifs is 1. The van der Waals surface area contributed by atoms with E-state index in [4.69, 9.17) is 17.8 Å². The maximum absolute atomic E-state index is 5.60. The van der Waals surface area contributed by atoms with Crippen LogP contribution < -0.4 is 0 Å². The van der Waals surface area contributed by atoms with Gasteiger partial charge in [0, 0.05) is 11.5 Å². The molecule has 0 aliphatic rings. The number of aromatic nitrogens is 2. The topological polar surface area (TPSA) is 25.8 Å². The van der Waals surface area contributed by atoms with Crippen molar-refractivity contribution in [1.82, 2.24) is 9.97 Å². The fraction of sp³-hybridized carbons (Fsp3) is 0.429. The highest BCUT2D eigenvalue weighted by atomic mass is 32.2. The van der Waals surface area contributed by atoms with Gasteiger partial charge in [-0.2, -0.15) is 23.5 Å². The summed E-state index contributed by atoms with van der Waals surface area (Å²) in [5, 5.41) is 0. The van der Waals surface area contributed by atoms with E-state index in [9.17, 15) is 0 Å². The molecule has 0 bridgehead atoms. The van der Waals surface area contributed by atoms with E-state index in [1.807, 2.05) is 0 Å². The Hall–Kier alpha value is -0.675. The van der Waals surface area contributed by atoms with E-state index < -0.39 is 0 Å². The van der Waals surface area contributed by atoms with E-state index in [-0.39, 0.29) is 0 Å². The summed E-state index contributed by atoms with van der Waals surface area (Å²) in [4.78, 5) is 9.55. The van der Waals surface area contributed by atoms with E-state index in [1.165, 1.54) is 5.56 Å². The second kappa shape index (κ2) is 7.20.